The van der Waals surface area contributed by atoms with Crippen LogP contribution in [0, 0.1) is 11.3 Å². The van der Waals surface area contributed by atoms with E-state index in [1.54, 1.807) is 6.08 Å². The summed E-state index contributed by atoms with van der Waals surface area (Å²) in [7, 11) is 0. The summed E-state index contributed by atoms with van der Waals surface area (Å²) >= 11 is 7.34. The first-order valence-corrected chi connectivity index (χ1v) is 9.44. The minimum absolute atomic E-state index is 0.0610. The Morgan fingerprint density at radius 2 is 2.26 bits per heavy atom. The highest BCUT2D eigenvalue weighted by Crippen LogP contribution is 2.33. The van der Waals surface area contributed by atoms with Crippen LogP contribution in [0.3, 0.4) is 0 Å². The molecule has 0 aromatic rings. The second-order valence-corrected chi connectivity index (χ2v) is 7.65. The van der Waals surface area contributed by atoms with Crippen LogP contribution in [-0.4, -0.2) is 40.8 Å². The molecule has 0 radical (unpaired) electrons. The molecule has 3 atom stereocenters. The van der Waals surface area contributed by atoms with E-state index in [9.17, 15) is 9.90 Å². The van der Waals surface area contributed by atoms with Crippen LogP contribution in [0.2, 0.25) is 0 Å². The fraction of sp³-hybridized carbons (Fsp3) is 0.647. The number of allylic oxidation sites excluding steroid dienone is 1. The third-order valence-corrected chi connectivity index (χ3v) is 5.09. The zero-order chi connectivity index (χ0) is 17.2. The zero-order valence-corrected chi connectivity index (χ0v) is 15.3. The third-order valence-electron chi connectivity index (χ3n) is 3.82. The van der Waals surface area contributed by atoms with E-state index in [0.717, 1.165) is 12.2 Å². The molecule has 130 valence electrons. The van der Waals surface area contributed by atoms with Gasteiger partial charge in [-0.25, -0.2) is 0 Å². The van der Waals surface area contributed by atoms with Gasteiger partial charge in [0.25, 0.3) is 0 Å². The second-order valence-electron chi connectivity index (χ2n) is 5.68. The third kappa shape index (κ3) is 6.69. The molecular weight excluding hydrogens is 334 g/mol. The van der Waals surface area contributed by atoms with E-state index < -0.39 is 6.10 Å². The van der Waals surface area contributed by atoms with Crippen molar-refractivity contribution in [3.63, 3.8) is 0 Å². The van der Waals surface area contributed by atoms with Gasteiger partial charge >= 0.3 is 0 Å². The van der Waals surface area contributed by atoms with E-state index in [-0.39, 0.29) is 30.5 Å². The molecule has 1 aliphatic carbocycles. The van der Waals surface area contributed by atoms with Gasteiger partial charge in [0, 0.05) is 30.0 Å². The number of ether oxygens (including phenoxy) is 1. The van der Waals surface area contributed by atoms with Crippen molar-refractivity contribution < 1.29 is 14.6 Å². The van der Waals surface area contributed by atoms with E-state index in [1.807, 2.05) is 11.8 Å². The number of hydrogen-bond acceptors (Lipinski definition) is 5. The highest BCUT2D eigenvalue weighted by Gasteiger charge is 2.33. The van der Waals surface area contributed by atoms with E-state index in [0.29, 0.717) is 23.7 Å². The maximum Gasteiger partial charge on any atom is 0.165 e. The summed E-state index contributed by atoms with van der Waals surface area (Å²) in [6, 6.07) is 0. The number of nitrogens with one attached hydrogen (secondary N) is 1. The number of carbonyl (C=O) groups excluding carboxylic acids is 1. The van der Waals surface area contributed by atoms with Gasteiger partial charge in [-0.05, 0) is 30.4 Å². The van der Waals surface area contributed by atoms with Gasteiger partial charge in [0.05, 0.1) is 18.3 Å². The number of halogens is 1. The molecule has 0 aromatic heterocycles. The highest BCUT2D eigenvalue weighted by atomic mass is 35.5. The summed E-state index contributed by atoms with van der Waals surface area (Å²) in [5.41, 5.74) is 1.69. The van der Waals surface area contributed by atoms with Crippen LogP contribution in [0.15, 0.2) is 22.9 Å². The van der Waals surface area contributed by atoms with Crippen LogP contribution in [0.5, 0.6) is 0 Å². The lowest BCUT2D eigenvalue weighted by Crippen LogP contribution is -2.30. The highest BCUT2D eigenvalue weighted by molar-refractivity contribution is 7.99. The number of rotatable bonds is 10. The molecule has 0 aliphatic heterocycles. The van der Waals surface area contributed by atoms with Crippen LogP contribution in [-0.2, 0) is 9.53 Å². The number of carbonyl (C=O) groups is 1. The van der Waals surface area contributed by atoms with Crippen molar-refractivity contribution in [2.75, 3.05) is 12.4 Å². The second kappa shape index (κ2) is 10.9. The smallest absolute Gasteiger partial charge is 0.165 e. The molecule has 0 amide bonds. The first-order chi connectivity index (χ1) is 11.0. The summed E-state index contributed by atoms with van der Waals surface area (Å²) in [6.45, 7) is 4.53. The molecule has 4 nitrogen and oxygen atoms in total. The van der Waals surface area contributed by atoms with Crippen molar-refractivity contribution in [3.05, 3.63) is 22.9 Å². The topological polar surface area (TPSA) is 70.4 Å². The fourth-order valence-electron chi connectivity index (χ4n) is 2.93. The Hall–Kier alpha value is -0.780. The molecule has 0 bridgehead atoms. The SMILES string of the molecule is CCSC(C)CC1CC(=O)C(C(CC=N)OCC=CCl)=C(O)C1. The minimum Gasteiger partial charge on any atom is -0.512 e. The summed E-state index contributed by atoms with van der Waals surface area (Å²) < 4.78 is 5.59. The predicted octanol–water partition coefficient (Wildman–Crippen LogP) is 4.49. The van der Waals surface area contributed by atoms with Gasteiger partial charge in [-0.3, -0.25) is 4.79 Å². The van der Waals surface area contributed by atoms with Crippen LogP contribution in [0.4, 0.5) is 0 Å². The Balaban J connectivity index is 2.79. The van der Waals surface area contributed by atoms with Gasteiger partial charge in [-0.1, -0.05) is 25.4 Å². The van der Waals surface area contributed by atoms with E-state index in [2.05, 4.69) is 13.8 Å². The van der Waals surface area contributed by atoms with Gasteiger partial charge < -0.3 is 15.3 Å². The molecule has 1 rings (SSSR count). The molecule has 1 aliphatic rings. The average molecular weight is 360 g/mol. The van der Waals surface area contributed by atoms with Gasteiger partial charge in [-0.2, -0.15) is 11.8 Å². The summed E-state index contributed by atoms with van der Waals surface area (Å²) in [4.78, 5) is 12.5. The summed E-state index contributed by atoms with van der Waals surface area (Å²) in [5, 5.41) is 18.1. The Morgan fingerprint density at radius 3 is 2.83 bits per heavy atom. The summed E-state index contributed by atoms with van der Waals surface area (Å²) in [6.07, 6.45) is 4.40. The molecule has 0 saturated heterocycles. The Morgan fingerprint density at radius 1 is 1.52 bits per heavy atom. The van der Waals surface area contributed by atoms with Crippen LogP contribution in [0.25, 0.3) is 0 Å². The molecular formula is C17H26ClNO3S. The largest absolute Gasteiger partial charge is 0.512 e. The van der Waals surface area contributed by atoms with Crippen molar-refractivity contribution in [2.24, 2.45) is 5.92 Å². The minimum atomic E-state index is -0.573. The Kier molecular flexibility index (Phi) is 9.60. The average Bonchev–Trinajstić information content (AvgIpc) is 2.47. The maximum absolute atomic E-state index is 12.5. The lowest BCUT2D eigenvalue weighted by Gasteiger charge is -2.28. The maximum atomic E-state index is 12.5. The molecule has 0 fully saturated rings. The fourth-order valence-corrected chi connectivity index (χ4v) is 3.98. The number of Topliss-reactive ketones (excluding diaryl/α,β-unsaturated/α-hetero) is 1. The number of thioether (sulfide) groups is 1. The van der Waals surface area contributed by atoms with Gasteiger partial charge in [0.1, 0.15) is 5.76 Å². The summed E-state index contributed by atoms with van der Waals surface area (Å²) in [5.74, 6) is 1.30. The Bertz CT molecular complexity index is 465. The quantitative estimate of drug-likeness (QED) is 0.564. The number of aliphatic hydroxyl groups is 1. The molecule has 3 unspecified atom stereocenters. The van der Waals surface area contributed by atoms with Crippen molar-refractivity contribution in [2.45, 2.75) is 50.9 Å². The predicted molar refractivity (Wildman–Crippen MR) is 97.7 cm³/mol. The number of aliphatic hydroxyl groups excluding tert-OH is 1. The normalized spacial score (nSPS) is 21.7. The number of hydrogen-bond donors (Lipinski definition) is 2. The van der Waals surface area contributed by atoms with E-state index in [1.165, 1.54) is 11.7 Å². The molecule has 23 heavy (non-hydrogen) atoms. The first-order valence-electron chi connectivity index (χ1n) is 7.95. The van der Waals surface area contributed by atoms with Crippen molar-refractivity contribution in [1.82, 2.24) is 0 Å². The molecule has 0 spiro atoms. The first kappa shape index (κ1) is 20.3. The lowest BCUT2D eigenvalue weighted by atomic mass is 9.82. The zero-order valence-electron chi connectivity index (χ0n) is 13.8. The van der Waals surface area contributed by atoms with Crippen molar-refractivity contribution in [3.8, 4) is 0 Å². The molecule has 0 aromatic carbocycles. The molecule has 2 N–H and O–H groups in total. The Labute approximate surface area is 147 Å². The molecule has 0 heterocycles. The van der Waals surface area contributed by atoms with Crippen molar-refractivity contribution >= 4 is 35.4 Å². The lowest BCUT2D eigenvalue weighted by molar-refractivity contribution is -0.118. The number of ketones is 1. The van der Waals surface area contributed by atoms with Gasteiger partial charge in [-0.15, -0.1) is 0 Å². The van der Waals surface area contributed by atoms with Crippen molar-refractivity contribution in [1.29, 1.82) is 5.41 Å². The van der Waals surface area contributed by atoms with Crippen LogP contribution in [0.1, 0.15) is 39.5 Å². The van der Waals surface area contributed by atoms with E-state index in [4.69, 9.17) is 21.7 Å². The standard InChI is InChI=1S/C17H26ClNO3S/c1-3-23-12(2)9-13-10-14(20)17(15(21)11-13)16(5-7-19)22-8-4-6-18/h4,6-7,12-13,16,19-20H,3,5,8-11H2,1-2H3. The van der Waals surface area contributed by atoms with E-state index >= 15 is 0 Å². The van der Waals surface area contributed by atoms with Crippen LogP contribution >= 0.6 is 23.4 Å². The molecule has 6 heteroatoms. The van der Waals surface area contributed by atoms with Gasteiger partial charge in [0.15, 0.2) is 5.78 Å². The monoisotopic (exact) mass is 359 g/mol. The molecule has 0 saturated carbocycles. The van der Waals surface area contributed by atoms with Gasteiger partial charge in [0.2, 0.25) is 0 Å². The van der Waals surface area contributed by atoms with Crippen LogP contribution < -0.4 is 0 Å².